The molecule has 5 nitrogen and oxygen atoms in total. The topological polar surface area (TPSA) is 57.7 Å². The molecule has 0 aliphatic carbocycles. The maximum atomic E-state index is 13.3. The van der Waals surface area contributed by atoms with Crippen molar-refractivity contribution in [2.45, 2.75) is 4.90 Å². The van der Waals surface area contributed by atoms with Crippen LogP contribution in [0.3, 0.4) is 0 Å². The molecule has 8 heteroatoms. The summed E-state index contributed by atoms with van der Waals surface area (Å²) in [6, 6.07) is 22.0. The number of piperazine rings is 1. The monoisotopic (exact) mass is 456 g/mol. The largest absolute Gasteiger partial charge is 2.00 e. The molecule has 29 heavy (non-hydrogen) atoms. The van der Waals surface area contributed by atoms with Crippen LogP contribution in [0, 0.1) is 5.82 Å². The van der Waals surface area contributed by atoms with Gasteiger partial charge in [-0.15, -0.1) is 0 Å². The first-order chi connectivity index (χ1) is 13.5. The number of halogens is 1. The smallest absolute Gasteiger partial charge is 0.346 e. The summed E-state index contributed by atoms with van der Waals surface area (Å²) in [4.78, 5) is 13.8. The molecule has 0 aromatic heterocycles. The molecule has 1 saturated heterocycles. The maximum Gasteiger partial charge on any atom is 2.00 e. The molecule has 0 saturated carbocycles. The van der Waals surface area contributed by atoms with Crippen LogP contribution in [0.5, 0.6) is 0 Å². The Kier molecular flexibility index (Phi) is 8.34. The van der Waals surface area contributed by atoms with Crippen LogP contribution < -0.4 is 0 Å². The van der Waals surface area contributed by atoms with Gasteiger partial charge in [-0.05, 0) is 18.2 Å². The van der Waals surface area contributed by atoms with Crippen LogP contribution in [0.4, 0.5) is 4.39 Å². The molecular formula is C21H21FFeN2O3S. The molecule has 1 aliphatic rings. The normalized spacial score (nSPS) is 14.4. The van der Waals surface area contributed by atoms with E-state index in [4.69, 9.17) is 0 Å². The van der Waals surface area contributed by atoms with Gasteiger partial charge in [-0.2, -0.15) is 34.6 Å². The first-order valence-corrected chi connectivity index (χ1v) is 10.4. The summed E-state index contributed by atoms with van der Waals surface area (Å²) < 4.78 is 39.5. The van der Waals surface area contributed by atoms with Gasteiger partial charge in [0.1, 0.15) is 5.82 Å². The van der Waals surface area contributed by atoms with E-state index in [1.807, 2.05) is 30.3 Å². The molecule has 3 aromatic rings. The Labute approximate surface area is 181 Å². The van der Waals surface area contributed by atoms with E-state index in [1.54, 1.807) is 29.2 Å². The van der Waals surface area contributed by atoms with E-state index >= 15 is 0 Å². The van der Waals surface area contributed by atoms with Crippen molar-refractivity contribution < 1.29 is 34.7 Å². The van der Waals surface area contributed by atoms with Gasteiger partial charge in [-0.3, -0.25) is 4.79 Å². The molecule has 4 rings (SSSR count). The molecule has 0 bridgehead atoms. The van der Waals surface area contributed by atoms with E-state index in [9.17, 15) is 17.6 Å². The number of hydrogen-bond donors (Lipinski definition) is 0. The van der Waals surface area contributed by atoms with Gasteiger partial charge in [0.15, 0.2) is 5.91 Å². The average molecular weight is 456 g/mol. The molecule has 0 spiro atoms. The number of benzene rings is 1. The third kappa shape index (κ3) is 5.87. The summed E-state index contributed by atoms with van der Waals surface area (Å²) in [5.74, 6) is -0.686. The van der Waals surface area contributed by atoms with Gasteiger partial charge in [0, 0.05) is 26.2 Å². The number of amides is 1. The van der Waals surface area contributed by atoms with Crippen LogP contribution in [0.25, 0.3) is 0 Å². The molecule has 0 N–H and O–H groups in total. The summed E-state index contributed by atoms with van der Waals surface area (Å²) in [5.41, 5.74) is 0.603. The van der Waals surface area contributed by atoms with Crippen molar-refractivity contribution >= 4 is 15.9 Å². The molecular weight excluding hydrogens is 435 g/mol. The number of nitrogens with zero attached hydrogens (tertiary/aromatic N) is 2. The molecule has 1 heterocycles. The molecule has 154 valence electrons. The molecule has 1 fully saturated rings. The average Bonchev–Trinajstić information content (AvgIpc) is 3.44. The second-order valence-electron chi connectivity index (χ2n) is 6.29. The predicted molar refractivity (Wildman–Crippen MR) is 105 cm³/mol. The van der Waals surface area contributed by atoms with Gasteiger partial charge in [0.05, 0.1) is 4.90 Å². The number of rotatable bonds is 3. The van der Waals surface area contributed by atoms with Crippen LogP contribution >= 0.6 is 0 Å². The zero-order chi connectivity index (χ0) is 20.0. The molecule has 0 atom stereocenters. The van der Waals surface area contributed by atoms with Crippen molar-refractivity contribution in [2.75, 3.05) is 26.2 Å². The zero-order valence-corrected chi connectivity index (χ0v) is 17.5. The summed E-state index contributed by atoms with van der Waals surface area (Å²) in [6.45, 7) is 1.04. The number of hydrogen-bond acceptors (Lipinski definition) is 3. The molecule has 0 radical (unpaired) electrons. The van der Waals surface area contributed by atoms with Gasteiger partial charge in [0.2, 0.25) is 10.0 Å². The van der Waals surface area contributed by atoms with Crippen molar-refractivity contribution in [3.8, 4) is 0 Å². The maximum absolute atomic E-state index is 13.3. The Balaban J connectivity index is 0.000000437. The Hall–Kier alpha value is -2.25. The summed E-state index contributed by atoms with van der Waals surface area (Å²) in [7, 11) is -3.73. The van der Waals surface area contributed by atoms with E-state index in [2.05, 4.69) is 0 Å². The van der Waals surface area contributed by atoms with Gasteiger partial charge in [-0.25, -0.2) is 37.1 Å². The zero-order valence-electron chi connectivity index (χ0n) is 15.6. The predicted octanol–water partition coefficient (Wildman–Crippen LogP) is 3.09. The van der Waals surface area contributed by atoms with Gasteiger partial charge in [0.25, 0.3) is 0 Å². The Bertz CT molecular complexity index is 964. The van der Waals surface area contributed by atoms with E-state index < -0.39 is 15.8 Å². The van der Waals surface area contributed by atoms with Crippen molar-refractivity contribution in [3.63, 3.8) is 0 Å². The van der Waals surface area contributed by atoms with Crippen LogP contribution in [0.2, 0.25) is 0 Å². The Morgan fingerprint density at radius 2 is 1.59 bits per heavy atom. The molecule has 0 unspecified atom stereocenters. The van der Waals surface area contributed by atoms with Crippen LogP contribution in [-0.2, 0) is 27.1 Å². The van der Waals surface area contributed by atoms with Gasteiger partial charge < -0.3 is 4.90 Å². The van der Waals surface area contributed by atoms with E-state index in [1.165, 1.54) is 22.5 Å². The standard InChI is InChI=1S/C16H16FN2O3S.C5H5.Fe/c17-14-6-3-7-15(12-14)23(21,22)19-10-8-18(9-11-19)16(20)13-4-1-2-5-13;1-2-4-5-3-1;/h1-7,12H,8-11H2;1-5H;/q2*-1;+2. The first-order valence-electron chi connectivity index (χ1n) is 8.92. The third-order valence-corrected chi connectivity index (χ3v) is 6.32. The Morgan fingerprint density at radius 3 is 2.10 bits per heavy atom. The third-order valence-electron chi connectivity index (χ3n) is 4.42. The van der Waals surface area contributed by atoms with E-state index in [-0.39, 0.29) is 41.0 Å². The fourth-order valence-electron chi connectivity index (χ4n) is 2.93. The van der Waals surface area contributed by atoms with Gasteiger partial charge >= 0.3 is 17.1 Å². The van der Waals surface area contributed by atoms with Crippen molar-refractivity contribution in [3.05, 3.63) is 90.2 Å². The minimum atomic E-state index is -3.73. The van der Waals surface area contributed by atoms with E-state index in [0.29, 0.717) is 18.7 Å². The van der Waals surface area contributed by atoms with Crippen molar-refractivity contribution in [1.29, 1.82) is 0 Å². The van der Waals surface area contributed by atoms with Crippen molar-refractivity contribution in [2.24, 2.45) is 0 Å². The van der Waals surface area contributed by atoms with Crippen molar-refractivity contribution in [1.82, 2.24) is 9.21 Å². The SMILES string of the molecule is O=C([c-]1cccc1)N1CCN(S(=O)(=O)c2cccc(F)c2)CC1.[Fe+2].c1cc[cH-]c1. The molecule has 1 aliphatic heterocycles. The summed E-state index contributed by atoms with van der Waals surface area (Å²) >= 11 is 0. The number of carbonyl (C=O) groups excluding carboxylic acids is 1. The first kappa shape index (κ1) is 23.0. The second kappa shape index (κ2) is 10.5. The number of carbonyl (C=O) groups is 1. The Morgan fingerprint density at radius 1 is 0.966 bits per heavy atom. The summed E-state index contributed by atoms with van der Waals surface area (Å²) in [5, 5.41) is 0. The van der Waals surface area contributed by atoms with Crippen LogP contribution in [0.15, 0.2) is 83.8 Å². The van der Waals surface area contributed by atoms with Crippen LogP contribution in [-0.4, -0.2) is 49.7 Å². The molecule has 3 aromatic carbocycles. The van der Waals surface area contributed by atoms with Gasteiger partial charge in [-0.1, -0.05) is 11.6 Å². The van der Waals surface area contributed by atoms with Crippen LogP contribution in [0.1, 0.15) is 10.4 Å². The number of sulfonamides is 1. The fraction of sp³-hybridized carbons (Fsp3) is 0.190. The fourth-order valence-corrected chi connectivity index (χ4v) is 4.38. The second-order valence-corrected chi connectivity index (χ2v) is 8.23. The molecule has 1 amide bonds. The summed E-state index contributed by atoms with van der Waals surface area (Å²) in [6.07, 6.45) is 0. The minimum Gasteiger partial charge on any atom is -0.346 e. The minimum absolute atomic E-state index is 0. The quantitative estimate of drug-likeness (QED) is 0.450. The van der Waals surface area contributed by atoms with E-state index in [0.717, 1.165) is 6.07 Å².